The maximum absolute atomic E-state index is 14.9. The Labute approximate surface area is 193 Å². The van der Waals surface area contributed by atoms with Crippen LogP contribution in [0.1, 0.15) is 33.6 Å². The molecular formula is C24H18FN5O4. The molecule has 0 unspecified atom stereocenters. The molecule has 0 saturated heterocycles. The molecule has 1 aromatic heterocycles. The van der Waals surface area contributed by atoms with Gasteiger partial charge in [-0.25, -0.2) is 14.4 Å². The number of anilines is 1. The van der Waals surface area contributed by atoms with Crippen LogP contribution in [0.15, 0.2) is 53.7 Å². The molecule has 0 fully saturated rings. The summed E-state index contributed by atoms with van der Waals surface area (Å²) >= 11 is 0. The van der Waals surface area contributed by atoms with Crippen LogP contribution in [0.25, 0.3) is 0 Å². The normalized spacial score (nSPS) is 17.9. The number of amidine groups is 1. The van der Waals surface area contributed by atoms with E-state index in [4.69, 9.17) is 25.2 Å². The number of amides is 1. The molecule has 34 heavy (non-hydrogen) atoms. The first kappa shape index (κ1) is 21.2. The molecule has 0 aliphatic carbocycles. The number of aliphatic imine (C=N–C) groups is 1. The van der Waals surface area contributed by atoms with Crippen molar-refractivity contribution in [3.8, 4) is 23.3 Å². The van der Waals surface area contributed by atoms with E-state index in [9.17, 15) is 9.18 Å². The maximum atomic E-state index is 14.9. The molecule has 2 aromatic carbocycles. The zero-order valence-electron chi connectivity index (χ0n) is 18.0. The highest BCUT2D eigenvalue weighted by molar-refractivity contribution is 6.03. The molecule has 1 atom stereocenters. The number of nitrogens with zero attached hydrogens (tertiary/aromatic N) is 3. The second-order valence-electron chi connectivity index (χ2n) is 7.70. The first-order valence-corrected chi connectivity index (χ1v) is 10.3. The van der Waals surface area contributed by atoms with Crippen LogP contribution < -0.4 is 20.5 Å². The van der Waals surface area contributed by atoms with Crippen LogP contribution in [0.4, 0.5) is 10.1 Å². The zero-order chi connectivity index (χ0) is 23.9. The molecule has 3 N–H and O–H groups in total. The third-order valence-electron chi connectivity index (χ3n) is 5.71. The number of ether oxygens (including phenoxy) is 3. The number of pyridine rings is 1. The first-order chi connectivity index (χ1) is 16.4. The molecule has 0 radical (unpaired) electrons. The van der Waals surface area contributed by atoms with E-state index in [1.165, 1.54) is 31.5 Å². The van der Waals surface area contributed by atoms with Crippen molar-refractivity contribution in [1.29, 1.82) is 5.26 Å². The van der Waals surface area contributed by atoms with Crippen molar-refractivity contribution in [1.82, 2.24) is 4.98 Å². The average molecular weight is 459 g/mol. The van der Waals surface area contributed by atoms with E-state index in [-0.39, 0.29) is 17.5 Å². The average Bonchev–Trinajstić information content (AvgIpc) is 2.85. The summed E-state index contributed by atoms with van der Waals surface area (Å²) in [6.45, 7) is 0.343. The molecule has 5 rings (SSSR count). The Bertz CT molecular complexity index is 1380. The fourth-order valence-electron chi connectivity index (χ4n) is 4.11. The smallest absolute Gasteiger partial charge is 0.283 e. The molecule has 1 amide bonds. The van der Waals surface area contributed by atoms with Gasteiger partial charge in [0.15, 0.2) is 17.2 Å². The fraction of sp³-hybridized carbons (Fsp3) is 0.167. The number of rotatable bonds is 3. The van der Waals surface area contributed by atoms with E-state index >= 15 is 0 Å². The molecular weight excluding hydrogens is 441 g/mol. The van der Waals surface area contributed by atoms with Crippen molar-refractivity contribution in [3.63, 3.8) is 0 Å². The first-order valence-electron chi connectivity index (χ1n) is 10.3. The number of carbonyl (C=O) groups excluding carboxylic acids is 1. The van der Waals surface area contributed by atoms with Crippen LogP contribution in [0.2, 0.25) is 0 Å². The molecule has 0 saturated carbocycles. The number of nitriles is 1. The highest BCUT2D eigenvalue weighted by Gasteiger charge is 2.48. The summed E-state index contributed by atoms with van der Waals surface area (Å²) < 4.78 is 32.1. The van der Waals surface area contributed by atoms with Crippen molar-refractivity contribution in [2.75, 3.05) is 19.0 Å². The van der Waals surface area contributed by atoms with Crippen molar-refractivity contribution in [3.05, 3.63) is 76.9 Å². The highest BCUT2D eigenvalue weighted by Crippen LogP contribution is 2.53. The number of methoxy groups -OCH3 is 1. The number of halogens is 1. The molecule has 10 heteroatoms. The molecule has 3 heterocycles. The van der Waals surface area contributed by atoms with Gasteiger partial charge in [0.25, 0.3) is 11.9 Å². The van der Waals surface area contributed by atoms with Gasteiger partial charge in [-0.3, -0.25) is 4.79 Å². The van der Waals surface area contributed by atoms with Crippen LogP contribution in [0, 0.1) is 17.1 Å². The minimum Gasteiger partial charge on any atom is -0.497 e. The Morgan fingerprint density at radius 3 is 2.82 bits per heavy atom. The Morgan fingerprint density at radius 2 is 2.12 bits per heavy atom. The van der Waals surface area contributed by atoms with Crippen molar-refractivity contribution in [2.45, 2.75) is 12.0 Å². The summed E-state index contributed by atoms with van der Waals surface area (Å²) in [7, 11) is 1.44. The van der Waals surface area contributed by atoms with E-state index < -0.39 is 17.3 Å². The molecule has 1 spiro atoms. The number of nitrogens with one attached hydrogen (secondary N) is 1. The number of fused-ring (bicyclic) bond motifs is 4. The molecule has 0 bridgehead atoms. The van der Waals surface area contributed by atoms with Crippen LogP contribution in [-0.2, 0) is 10.3 Å². The molecule has 170 valence electrons. The molecule has 3 aromatic rings. The van der Waals surface area contributed by atoms with Gasteiger partial charge >= 0.3 is 0 Å². The quantitative estimate of drug-likeness (QED) is 0.613. The standard InChI is InChI=1S/C24H18FN5O4/c1-32-15-9-17-21(18(25)10-15)33-20-5-3-14(8-16(20)24(17)6-7-28-23(27)34-24)30-22(31)19-4-2-13(11-26)12-29-19/h2-5,8-10,12H,6-7H2,1H3,(H2,27,28)(H,30,31)/t24-/m0/s1. The second kappa shape index (κ2) is 8.04. The predicted octanol–water partition coefficient (Wildman–Crippen LogP) is 3.44. The van der Waals surface area contributed by atoms with Crippen LogP contribution in [0.3, 0.4) is 0 Å². The van der Waals surface area contributed by atoms with E-state index in [0.717, 1.165) is 0 Å². The van der Waals surface area contributed by atoms with Crippen LogP contribution >= 0.6 is 0 Å². The molecule has 9 nitrogen and oxygen atoms in total. The Hall–Kier alpha value is -4.65. The fourth-order valence-corrected chi connectivity index (χ4v) is 4.11. The van der Waals surface area contributed by atoms with Crippen molar-refractivity contribution >= 4 is 17.6 Å². The van der Waals surface area contributed by atoms with Gasteiger partial charge in [0, 0.05) is 42.0 Å². The third kappa shape index (κ3) is 3.44. The van der Waals surface area contributed by atoms with E-state index in [1.807, 2.05) is 6.07 Å². The van der Waals surface area contributed by atoms with Gasteiger partial charge in [-0.1, -0.05) is 0 Å². The zero-order valence-corrected chi connectivity index (χ0v) is 18.0. The Morgan fingerprint density at radius 1 is 1.26 bits per heavy atom. The van der Waals surface area contributed by atoms with Gasteiger partial charge in [-0.2, -0.15) is 5.26 Å². The Balaban J connectivity index is 1.57. The van der Waals surface area contributed by atoms with Gasteiger partial charge in [0.1, 0.15) is 23.3 Å². The summed E-state index contributed by atoms with van der Waals surface area (Å²) in [5.74, 6) is -0.395. The van der Waals surface area contributed by atoms with E-state index in [1.54, 1.807) is 24.3 Å². The lowest BCUT2D eigenvalue weighted by atomic mass is 9.79. The summed E-state index contributed by atoms with van der Waals surface area (Å²) in [6, 6.07) is 12.7. The van der Waals surface area contributed by atoms with Crippen molar-refractivity contribution < 1.29 is 23.4 Å². The summed E-state index contributed by atoms with van der Waals surface area (Å²) in [6.07, 6.45) is 1.68. The van der Waals surface area contributed by atoms with Crippen LogP contribution in [-0.4, -0.2) is 30.6 Å². The minimum atomic E-state index is -1.20. The highest BCUT2D eigenvalue weighted by atomic mass is 19.1. The molecule has 2 aliphatic rings. The largest absolute Gasteiger partial charge is 0.497 e. The van der Waals surface area contributed by atoms with Gasteiger partial charge in [-0.05, 0) is 36.4 Å². The second-order valence-corrected chi connectivity index (χ2v) is 7.70. The number of nitrogens with two attached hydrogens (primary N) is 1. The summed E-state index contributed by atoms with van der Waals surface area (Å²) in [5, 5.41) is 11.7. The lowest BCUT2D eigenvalue weighted by Crippen LogP contribution is -2.42. The molecule has 2 aliphatic heterocycles. The lowest BCUT2D eigenvalue weighted by Gasteiger charge is -2.41. The predicted molar refractivity (Wildman–Crippen MR) is 119 cm³/mol. The van der Waals surface area contributed by atoms with Gasteiger partial charge in [0.2, 0.25) is 0 Å². The SMILES string of the molecule is COc1cc(F)c2c(c1)[C@]1(CCN=C(N)O1)c1cc(NC(=O)c3ccc(C#N)cn3)ccc1O2. The van der Waals surface area contributed by atoms with Gasteiger partial charge in [-0.15, -0.1) is 0 Å². The van der Waals surface area contributed by atoms with Crippen LogP contribution in [0.5, 0.6) is 17.2 Å². The lowest BCUT2D eigenvalue weighted by molar-refractivity contribution is 0.0624. The number of hydrogen-bond donors (Lipinski definition) is 2. The number of benzene rings is 2. The monoisotopic (exact) mass is 459 g/mol. The van der Waals surface area contributed by atoms with Gasteiger partial charge < -0.3 is 25.3 Å². The maximum Gasteiger partial charge on any atom is 0.283 e. The van der Waals surface area contributed by atoms with E-state index in [2.05, 4.69) is 15.3 Å². The van der Waals surface area contributed by atoms with Gasteiger partial charge in [0.05, 0.1) is 12.7 Å². The van der Waals surface area contributed by atoms with E-state index in [0.29, 0.717) is 46.8 Å². The number of hydrogen-bond acceptors (Lipinski definition) is 8. The number of carbonyl (C=O) groups is 1. The van der Waals surface area contributed by atoms with Crippen molar-refractivity contribution in [2.24, 2.45) is 10.7 Å². The minimum absolute atomic E-state index is 0.0153. The number of aromatic nitrogens is 1. The summed E-state index contributed by atoms with van der Waals surface area (Å²) in [4.78, 5) is 20.8. The Kier molecular flexibility index (Phi) is 5.02. The topological polar surface area (TPSA) is 132 Å². The third-order valence-corrected chi connectivity index (χ3v) is 5.71. The summed E-state index contributed by atoms with van der Waals surface area (Å²) in [5.41, 5.74) is 6.64.